The fourth-order valence-electron chi connectivity index (χ4n) is 1.65. The number of anilines is 2. The number of rotatable bonds is 7. The minimum atomic E-state index is -1.05. The van der Waals surface area contributed by atoms with E-state index in [-0.39, 0.29) is 17.9 Å². The summed E-state index contributed by atoms with van der Waals surface area (Å²) in [6, 6.07) is 4.67. The van der Waals surface area contributed by atoms with E-state index < -0.39 is 5.97 Å². The Hall–Kier alpha value is -2.24. The highest BCUT2D eigenvalue weighted by Crippen LogP contribution is 2.23. The zero-order chi connectivity index (χ0) is 15.1. The molecule has 0 aliphatic carbocycles. The molecule has 1 amide bonds. The number of para-hydroxylation sites is 1. The number of nitrogen functional groups attached to an aromatic ring is 1. The number of hydrogen-bond acceptors (Lipinski definition) is 4. The smallest absolute Gasteiger partial charge is 0.337 e. The van der Waals surface area contributed by atoms with Crippen LogP contribution in [0.25, 0.3) is 0 Å². The van der Waals surface area contributed by atoms with Gasteiger partial charge in [0.1, 0.15) is 0 Å². The largest absolute Gasteiger partial charge is 0.478 e. The van der Waals surface area contributed by atoms with E-state index in [1.807, 2.05) is 13.8 Å². The molecule has 20 heavy (non-hydrogen) atoms. The number of nitrogens with one attached hydrogen (secondary N) is 2. The van der Waals surface area contributed by atoms with Crippen LogP contribution in [0.4, 0.5) is 11.4 Å². The molecule has 1 rings (SSSR count). The summed E-state index contributed by atoms with van der Waals surface area (Å²) in [6.07, 6.45) is 0.264. The maximum atomic E-state index is 11.5. The van der Waals surface area contributed by atoms with Crippen molar-refractivity contribution in [2.24, 2.45) is 5.92 Å². The van der Waals surface area contributed by atoms with Gasteiger partial charge in [-0.15, -0.1) is 0 Å². The maximum Gasteiger partial charge on any atom is 0.337 e. The Kier molecular flexibility index (Phi) is 5.83. The van der Waals surface area contributed by atoms with Crippen molar-refractivity contribution in [3.8, 4) is 0 Å². The number of hydrogen-bond donors (Lipinski definition) is 4. The molecule has 0 aliphatic rings. The first-order valence-electron chi connectivity index (χ1n) is 6.54. The van der Waals surface area contributed by atoms with Crippen molar-refractivity contribution in [2.75, 3.05) is 24.1 Å². The van der Waals surface area contributed by atoms with Gasteiger partial charge >= 0.3 is 5.97 Å². The van der Waals surface area contributed by atoms with Crippen LogP contribution in [0.5, 0.6) is 0 Å². The average Bonchev–Trinajstić information content (AvgIpc) is 2.37. The summed E-state index contributed by atoms with van der Waals surface area (Å²) >= 11 is 0. The molecule has 6 heteroatoms. The second kappa shape index (κ2) is 7.37. The second-order valence-corrected chi connectivity index (χ2v) is 4.95. The molecule has 1 aromatic rings. The molecule has 0 atom stereocenters. The summed E-state index contributed by atoms with van der Waals surface area (Å²) in [7, 11) is 0. The van der Waals surface area contributed by atoms with Crippen LogP contribution >= 0.6 is 0 Å². The van der Waals surface area contributed by atoms with Gasteiger partial charge in [-0.1, -0.05) is 19.9 Å². The average molecular weight is 279 g/mol. The molecule has 0 saturated heterocycles. The zero-order valence-electron chi connectivity index (χ0n) is 11.8. The standard InChI is InChI=1S/C14H21N3O3/c1-9(2)8-17-12(18)6-7-16-13-10(14(19)20)4-3-5-11(13)15/h3-5,9,16H,6-8,15H2,1-2H3,(H,17,18)(H,19,20). The predicted molar refractivity (Wildman–Crippen MR) is 78.8 cm³/mol. The molecule has 0 radical (unpaired) electrons. The van der Waals surface area contributed by atoms with E-state index in [9.17, 15) is 9.59 Å². The van der Waals surface area contributed by atoms with E-state index >= 15 is 0 Å². The Morgan fingerprint density at radius 3 is 2.65 bits per heavy atom. The molecule has 110 valence electrons. The molecule has 1 aromatic carbocycles. The molecule has 0 spiro atoms. The van der Waals surface area contributed by atoms with Gasteiger partial charge in [0.2, 0.25) is 5.91 Å². The highest BCUT2D eigenvalue weighted by molar-refractivity contribution is 5.97. The van der Waals surface area contributed by atoms with Crippen LogP contribution in [0.1, 0.15) is 30.6 Å². The minimum Gasteiger partial charge on any atom is -0.478 e. The first-order chi connectivity index (χ1) is 9.41. The van der Waals surface area contributed by atoms with Crippen LogP contribution in [0.3, 0.4) is 0 Å². The summed E-state index contributed by atoms with van der Waals surface area (Å²) in [4.78, 5) is 22.6. The van der Waals surface area contributed by atoms with E-state index in [0.717, 1.165) is 0 Å². The molecular formula is C14H21N3O3. The molecule has 0 aliphatic heterocycles. The lowest BCUT2D eigenvalue weighted by atomic mass is 10.1. The third-order valence-electron chi connectivity index (χ3n) is 2.69. The van der Waals surface area contributed by atoms with Crippen LogP contribution in [0, 0.1) is 5.92 Å². The molecule has 5 N–H and O–H groups in total. The normalized spacial score (nSPS) is 10.3. The molecule has 6 nitrogen and oxygen atoms in total. The molecular weight excluding hydrogens is 258 g/mol. The second-order valence-electron chi connectivity index (χ2n) is 4.95. The Morgan fingerprint density at radius 1 is 1.35 bits per heavy atom. The maximum absolute atomic E-state index is 11.5. The molecule has 0 unspecified atom stereocenters. The summed E-state index contributed by atoms with van der Waals surface area (Å²) in [5.41, 5.74) is 6.56. The van der Waals surface area contributed by atoms with Crippen molar-refractivity contribution < 1.29 is 14.7 Å². The quantitative estimate of drug-likeness (QED) is 0.567. The number of carboxylic acid groups (broad SMARTS) is 1. The van der Waals surface area contributed by atoms with Crippen molar-refractivity contribution in [2.45, 2.75) is 20.3 Å². The fourth-order valence-corrected chi connectivity index (χ4v) is 1.65. The van der Waals surface area contributed by atoms with Crippen molar-refractivity contribution in [3.63, 3.8) is 0 Å². The van der Waals surface area contributed by atoms with Crippen molar-refractivity contribution in [1.29, 1.82) is 0 Å². The number of carbonyl (C=O) groups is 2. The van der Waals surface area contributed by atoms with Gasteiger partial charge in [0.15, 0.2) is 0 Å². The third kappa shape index (κ3) is 4.79. The van der Waals surface area contributed by atoms with Crippen molar-refractivity contribution >= 4 is 23.3 Å². The number of nitrogens with two attached hydrogens (primary N) is 1. The van der Waals surface area contributed by atoms with Crippen molar-refractivity contribution in [1.82, 2.24) is 5.32 Å². The first kappa shape index (κ1) is 15.8. The SMILES string of the molecule is CC(C)CNC(=O)CCNc1c(N)cccc1C(=O)O. The van der Waals surface area contributed by atoms with Gasteiger partial charge in [0, 0.05) is 19.5 Å². The van der Waals surface area contributed by atoms with Gasteiger partial charge in [-0.2, -0.15) is 0 Å². The van der Waals surface area contributed by atoms with E-state index in [1.165, 1.54) is 6.07 Å². The number of carboxylic acids is 1. The zero-order valence-corrected chi connectivity index (χ0v) is 11.8. The van der Waals surface area contributed by atoms with E-state index in [1.54, 1.807) is 12.1 Å². The van der Waals surface area contributed by atoms with E-state index in [0.29, 0.717) is 30.4 Å². The highest BCUT2D eigenvalue weighted by Gasteiger charge is 2.12. The third-order valence-corrected chi connectivity index (χ3v) is 2.69. The lowest BCUT2D eigenvalue weighted by Crippen LogP contribution is -2.28. The van der Waals surface area contributed by atoms with E-state index in [2.05, 4.69) is 10.6 Å². The monoisotopic (exact) mass is 279 g/mol. The fraction of sp³-hybridized carbons (Fsp3) is 0.429. The van der Waals surface area contributed by atoms with Gasteiger partial charge < -0.3 is 21.5 Å². The number of benzene rings is 1. The Morgan fingerprint density at radius 2 is 2.05 bits per heavy atom. The molecule has 0 fully saturated rings. The summed E-state index contributed by atoms with van der Waals surface area (Å²) < 4.78 is 0. The molecule has 0 heterocycles. The highest BCUT2D eigenvalue weighted by atomic mass is 16.4. The number of carbonyl (C=O) groups excluding carboxylic acids is 1. The first-order valence-corrected chi connectivity index (χ1v) is 6.54. The molecule has 0 bridgehead atoms. The predicted octanol–water partition coefficient (Wildman–Crippen LogP) is 1.54. The summed E-state index contributed by atoms with van der Waals surface area (Å²) in [5.74, 6) is -0.725. The van der Waals surface area contributed by atoms with Crippen LogP contribution in [0.15, 0.2) is 18.2 Å². The van der Waals surface area contributed by atoms with Crippen molar-refractivity contribution in [3.05, 3.63) is 23.8 Å². The summed E-state index contributed by atoms with van der Waals surface area (Å²) in [5, 5.41) is 14.8. The van der Waals surface area contributed by atoms with Gasteiger partial charge in [-0.25, -0.2) is 4.79 Å². The van der Waals surface area contributed by atoms with Crippen LogP contribution in [-0.4, -0.2) is 30.1 Å². The van der Waals surface area contributed by atoms with Crippen LogP contribution in [0.2, 0.25) is 0 Å². The number of aromatic carboxylic acids is 1. The van der Waals surface area contributed by atoms with Gasteiger partial charge in [0.25, 0.3) is 0 Å². The van der Waals surface area contributed by atoms with Gasteiger partial charge in [-0.3, -0.25) is 4.79 Å². The molecule has 0 aromatic heterocycles. The van der Waals surface area contributed by atoms with Crippen LogP contribution < -0.4 is 16.4 Å². The Labute approximate surface area is 118 Å². The Bertz CT molecular complexity index is 487. The lowest BCUT2D eigenvalue weighted by molar-refractivity contribution is -0.120. The Balaban J connectivity index is 2.54. The topological polar surface area (TPSA) is 104 Å². The lowest BCUT2D eigenvalue weighted by Gasteiger charge is -2.12. The summed E-state index contributed by atoms with van der Waals surface area (Å²) in [6.45, 7) is 5.00. The number of amides is 1. The van der Waals surface area contributed by atoms with Crippen LogP contribution in [-0.2, 0) is 4.79 Å². The van der Waals surface area contributed by atoms with Gasteiger partial charge in [0.05, 0.1) is 16.9 Å². The molecule has 0 saturated carbocycles. The van der Waals surface area contributed by atoms with E-state index in [4.69, 9.17) is 10.8 Å². The van der Waals surface area contributed by atoms with Gasteiger partial charge in [-0.05, 0) is 18.1 Å². The minimum absolute atomic E-state index is 0.0717.